The van der Waals surface area contributed by atoms with Crippen LogP contribution >= 0.6 is 0 Å². The van der Waals surface area contributed by atoms with Gasteiger partial charge in [0.15, 0.2) is 0 Å². The van der Waals surface area contributed by atoms with Crippen molar-refractivity contribution in [1.82, 2.24) is 0 Å². The zero-order valence-electron chi connectivity index (χ0n) is 8.40. The van der Waals surface area contributed by atoms with Crippen molar-refractivity contribution in [1.29, 1.82) is 0 Å². The molecule has 0 aliphatic rings. The van der Waals surface area contributed by atoms with E-state index in [0.29, 0.717) is 0 Å². The van der Waals surface area contributed by atoms with Crippen molar-refractivity contribution >= 4 is 0 Å². The van der Waals surface area contributed by atoms with E-state index < -0.39 is 0 Å². The van der Waals surface area contributed by atoms with Gasteiger partial charge in [-0.05, 0) is 41.5 Å². The minimum Gasteiger partial charge on any atom is -0.508 e. The zero-order valence-corrected chi connectivity index (χ0v) is 8.40. The van der Waals surface area contributed by atoms with Crippen molar-refractivity contribution in [3.8, 4) is 22.6 Å². The normalized spacial score (nSPS) is 9.93. The molecule has 0 bridgehead atoms. The van der Waals surface area contributed by atoms with E-state index in [-0.39, 0.29) is 5.75 Å². The van der Waals surface area contributed by atoms with Crippen molar-refractivity contribution in [2.45, 2.75) is 0 Å². The first kappa shape index (κ1) is 9.59. The Bertz CT molecular complexity index is 429. The quantitative estimate of drug-likeness (QED) is 0.805. The van der Waals surface area contributed by atoms with Gasteiger partial charge in [-0.2, -0.15) is 0 Å². The van der Waals surface area contributed by atoms with Gasteiger partial charge >= 0.3 is 0 Å². The van der Waals surface area contributed by atoms with Crippen LogP contribution in [0.15, 0.2) is 42.5 Å². The molecule has 0 saturated heterocycles. The number of phenolic OH excluding ortho intramolecular Hbond substituents is 1. The third-order valence-electron chi connectivity index (χ3n) is 2.20. The average molecular weight is 199 g/mol. The Labute approximate surface area is 88.8 Å². The summed E-state index contributed by atoms with van der Waals surface area (Å²) in [6.07, 6.45) is 0. The van der Waals surface area contributed by atoms with E-state index in [0.717, 1.165) is 16.9 Å². The molecule has 0 saturated carbocycles. The lowest BCUT2D eigenvalue weighted by Crippen LogP contribution is -1.82. The summed E-state index contributed by atoms with van der Waals surface area (Å²) >= 11 is 0. The maximum atomic E-state index is 9.16. The van der Waals surface area contributed by atoms with Gasteiger partial charge in [-0.3, -0.25) is 0 Å². The minimum absolute atomic E-state index is 0.271. The highest BCUT2D eigenvalue weighted by molar-refractivity contribution is 5.64. The fraction of sp³-hybridized carbons (Fsp3) is 0.0769. The van der Waals surface area contributed by atoms with Gasteiger partial charge in [0.25, 0.3) is 0 Å². The monoisotopic (exact) mass is 199 g/mol. The highest BCUT2D eigenvalue weighted by atomic mass is 16.5. The Morgan fingerprint density at radius 1 is 1.07 bits per heavy atom. The molecular weight excluding hydrogens is 188 g/mol. The molecule has 2 nitrogen and oxygen atoms in total. The number of rotatable bonds is 2. The Morgan fingerprint density at radius 2 is 1.80 bits per heavy atom. The van der Waals surface area contributed by atoms with Crippen molar-refractivity contribution in [3.05, 3.63) is 48.5 Å². The first-order valence-corrected chi connectivity index (χ1v) is 4.65. The number of phenols is 1. The van der Waals surface area contributed by atoms with Crippen molar-refractivity contribution in [3.63, 3.8) is 0 Å². The van der Waals surface area contributed by atoms with Crippen LogP contribution in [0.3, 0.4) is 0 Å². The second-order valence-electron chi connectivity index (χ2n) is 3.19. The summed E-state index contributed by atoms with van der Waals surface area (Å²) in [5.41, 5.74) is 2.01. The predicted octanol–water partition coefficient (Wildman–Crippen LogP) is 2.87. The second-order valence-corrected chi connectivity index (χ2v) is 3.19. The highest BCUT2D eigenvalue weighted by Gasteiger charge is 1.98. The van der Waals surface area contributed by atoms with Gasteiger partial charge in [0.05, 0.1) is 7.11 Å². The van der Waals surface area contributed by atoms with E-state index in [4.69, 9.17) is 9.84 Å². The van der Waals surface area contributed by atoms with Gasteiger partial charge in [0, 0.05) is 0 Å². The molecule has 2 aromatic carbocycles. The number of aromatic hydroxyl groups is 1. The van der Waals surface area contributed by atoms with Gasteiger partial charge < -0.3 is 9.84 Å². The summed E-state index contributed by atoms with van der Waals surface area (Å²) in [7, 11) is 1.63. The molecule has 0 fully saturated rings. The van der Waals surface area contributed by atoms with E-state index in [1.165, 1.54) is 0 Å². The molecular formula is C13H11O2. The number of ether oxygens (including phenoxy) is 1. The molecule has 0 heterocycles. The van der Waals surface area contributed by atoms with Crippen molar-refractivity contribution < 1.29 is 9.84 Å². The smallest absolute Gasteiger partial charge is 0.119 e. The van der Waals surface area contributed by atoms with Crippen molar-refractivity contribution in [2.75, 3.05) is 7.11 Å². The third kappa shape index (κ3) is 2.10. The largest absolute Gasteiger partial charge is 0.508 e. The molecule has 1 N–H and O–H groups in total. The fourth-order valence-corrected chi connectivity index (χ4v) is 1.36. The minimum atomic E-state index is 0.271. The molecule has 0 atom stereocenters. The van der Waals surface area contributed by atoms with Gasteiger partial charge in [0.2, 0.25) is 0 Å². The van der Waals surface area contributed by atoms with E-state index in [1.54, 1.807) is 25.3 Å². The van der Waals surface area contributed by atoms with Crippen LogP contribution in [-0.2, 0) is 0 Å². The van der Waals surface area contributed by atoms with Crippen LogP contribution in [-0.4, -0.2) is 12.2 Å². The van der Waals surface area contributed by atoms with Crippen LogP contribution in [0.5, 0.6) is 11.5 Å². The summed E-state index contributed by atoms with van der Waals surface area (Å²) in [4.78, 5) is 0. The van der Waals surface area contributed by atoms with Gasteiger partial charge in [0.1, 0.15) is 11.5 Å². The Hall–Kier alpha value is -1.96. The summed E-state index contributed by atoms with van der Waals surface area (Å²) in [5.74, 6) is 1.06. The molecule has 75 valence electrons. The molecule has 0 amide bonds. The average Bonchev–Trinajstić information content (AvgIpc) is 2.30. The molecule has 2 rings (SSSR count). The van der Waals surface area contributed by atoms with Crippen LogP contribution in [0.4, 0.5) is 0 Å². The summed E-state index contributed by atoms with van der Waals surface area (Å²) in [6, 6.07) is 15.8. The Kier molecular flexibility index (Phi) is 2.59. The van der Waals surface area contributed by atoms with Gasteiger partial charge in [-0.25, -0.2) is 0 Å². The van der Waals surface area contributed by atoms with Crippen molar-refractivity contribution in [2.24, 2.45) is 0 Å². The maximum absolute atomic E-state index is 9.16. The SMILES string of the molecule is COc1c[c]c(-c2ccc(O)cc2)cc1. The second kappa shape index (κ2) is 4.05. The number of hydrogen-bond acceptors (Lipinski definition) is 2. The van der Waals surface area contributed by atoms with Crippen LogP contribution in [0.1, 0.15) is 0 Å². The predicted molar refractivity (Wildman–Crippen MR) is 58.9 cm³/mol. The van der Waals surface area contributed by atoms with E-state index in [2.05, 4.69) is 6.07 Å². The van der Waals surface area contributed by atoms with Crippen LogP contribution in [0.25, 0.3) is 11.1 Å². The van der Waals surface area contributed by atoms with Crippen LogP contribution in [0, 0.1) is 6.07 Å². The lowest BCUT2D eigenvalue weighted by atomic mass is 10.1. The molecule has 0 spiro atoms. The lowest BCUT2D eigenvalue weighted by Gasteiger charge is -2.03. The number of methoxy groups -OCH3 is 1. The Balaban J connectivity index is 2.33. The van der Waals surface area contributed by atoms with E-state index >= 15 is 0 Å². The maximum Gasteiger partial charge on any atom is 0.119 e. The Morgan fingerprint density at radius 3 is 2.33 bits per heavy atom. The first-order chi connectivity index (χ1) is 7.29. The summed E-state index contributed by atoms with van der Waals surface area (Å²) < 4.78 is 5.05. The standard InChI is InChI=1S/C13H11O2/c1-15-13-8-4-11(5-9-13)10-2-6-12(14)7-3-10/h2-4,6-9,14H,1H3. The first-order valence-electron chi connectivity index (χ1n) is 4.65. The highest BCUT2D eigenvalue weighted by Crippen LogP contribution is 2.23. The fourth-order valence-electron chi connectivity index (χ4n) is 1.36. The topological polar surface area (TPSA) is 29.5 Å². The summed E-state index contributed by atoms with van der Waals surface area (Å²) in [6.45, 7) is 0. The van der Waals surface area contributed by atoms with Gasteiger partial charge in [-0.1, -0.05) is 18.2 Å². The molecule has 0 unspecified atom stereocenters. The van der Waals surface area contributed by atoms with E-state index in [9.17, 15) is 0 Å². The molecule has 0 aliphatic carbocycles. The lowest BCUT2D eigenvalue weighted by molar-refractivity contribution is 0.415. The molecule has 1 radical (unpaired) electrons. The molecule has 0 aromatic heterocycles. The molecule has 0 aliphatic heterocycles. The zero-order chi connectivity index (χ0) is 10.7. The summed E-state index contributed by atoms with van der Waals surface area (Å²) in [5, 5.41) is 9.16. The number of hydrogen-bond donors (Lipinski definition) is 1. The third-order valence-corrected chi connectivity index (χ3v) is 2.20. The molecule has 2 aromatic rings. The van der Waals surface area contributed by atoms with Crippen LogP contribution in [0.2, 0.25) is 0 Å². The number of benzene rings is 2. The van der Waals surface area contributed by atoms with Crippen LogP contribution < -0.4 is 4.74 Å². The van der Waals surface area contributed by atoms with Gasteiger partial charge in [-0.15, -0.1) is 0 Å². The van der Waals surface area contributed by atoms with E-state index in [1.807, 2.05) is 24.3 Å². The molecule has 15 heavy (non-hydrogen) atoms. The molecule has 2 heteroatoms.